The fourth-order valence-corrected chi connectivity index (χ4v) is 2.85. The molecular formula is C20H33N7O6. The van der Waals surface area contributed by atoms with E-state index in [1.165, 1.54) is 12.5 Å². The van der Waals surface area contributed by atoms with Gasteiger partial charge in [0.15, 0.2) is 0 Å². The number of carboxylic acid groups (broad SMARTS) is 1. The molecule has 0 fully saturated rings. The number of hydrogen-bond acceptors (Lipinski definition) is 7. The lowest BCUT2D eigenvalue weighted by Crippen LogP contribution is -2.59. The molecule has 0 aliphatic carbocycles. The molecule has 0 saturated carbocycles. The standard InChI is InChI=1S/C20H33N7O6/c1-9(2)15(22)18(30)25-12(6-14(21)28)17(29)27-16(10(3)4)19(31)26-13(20(32)33)5-11-7-23-8-24-11/h7-10,12-13,15-16H,5-6,22H2,1-4H3,(H2,21,28)(H,23,24)(H,25,30)(H,26,31)(H,27,29)(H,32,33). The van der Waals surface area contributed by atoms with E-state index in [-0.39, 0.29) is 12.3 Å². The Labute approximate surface area is 191 Å². The van der Waals surface area contributed by atoms with Crippen molar-refractivity contribution >= 4 is 29.6 Å². The lowest BCUT2D eigenvalue weighted by Gasteiger charge is -2.27. The number of amides is 4. The molecule has 0 bridgehead atoms. The van der Waals surface area contributed by atoms with Crippen LogP contribution in [-0.4, -0.2) is 68.8 Å². The third kappa shape index (κ3) is 8.88. The Morgan fingerprint density at radius 3 is 2.03 bits per heavy atom. The van der Waals surface area contributed by atoms with Crippen LogP contribution in [0.3, 0.4) is 0 Å². The fraction of sp³-hybridized carbons (Fsp3) is 0.600. The van der Waals surface area contributed by atoms with Crippen LogP contribution >= 0.6 is 0 Å². The van der Waals surface area contributed by atoms with E-state index >= 15 is 0 Å². The summed E-state index contributed by atoms with van der Waals surface area (Å²) < 4.78 is 0. The van der Waals surface area contributed by atoms with E-state index in [4.69, 9.17) is 11.5 Å². The molecule has 0 saturated heterocycles. The van der Waals surface area contributed by atoms with Crippen LogP contribution in [0.2, 0.25) is 0 Å². The maximum absolute atomic E-state index is 12.8. The minimum atomic E-state index is -1.35. The molecule has 0 radical (unpaired) electrons. The maximum Gasteiger partial charge on any atom is 0.326 e. The number of aliphatic carboxylic acids is 1. The number of hydrogen-bond donors (Lipinski definition) is 7. The molecule has 0 aliphatic rings. The molecule has 13 heteroatoms. The maximum atomic E-state index is 12.8. The molecular weight excluding hydrogens is 434 g/mol. The zero-order chi connectivity index (χ0) is 25.3. The third-order valence-corrected chi connectivity index (χ3v) is 4.90. The summed E-state index contributed by atoms with van der Waals surface area (Å²) in [6.45, 7) is 6.72. The first-order valence-corrected chi connectivity index (χ1v) is 10.5. The van der Waals surface area contributed by atoms with Gasteiger partial charge >= 0.3 is 5.97 Å². The van der Waals surface area contributed by atoms with Gasteiger partial charge in [0.05, 0.1) is 18.8 Å². The van der Waals surface area contributed by atoms with E-state index in [9.17, 15) is 29.1 Å². The quantitative estimate of drug-likeness (QED) is 0.171. The summed E-state index contributed by atoms with van der Waals surface area (Å²) in [7, 11) is 0. The highest BCUT2D eigenvalue weighted by Crippen LogP contribution is 2.07. The summed E-state index contributed by atoms with van der Waals surface area (Å²) in [4.78, 5) is 67.5. The summed E-state index contributed by atoms with van der Waals surface area (Å²) in [5, 5.41) is 16.7. The Kier molecular flexibility index (Phi) is 10.5. The Hall–Kier alpha value is -3.48. The predicted octanol–water partition coefficient (Wildman–Crippen LogP) is -1.99. The Balaban J connectivity index is 2.95. The highest BCUT2D eigenvalue weighted by Gasteiger charge is 2.33. The van der Waals surface area contributed by atoms with Gasteiger partial charge in [0.1, 0.15) is 18.1 Å². The average molecular weight is 468 g/mol. The molecule has 1 rings (SSSR count). The molecule has 1 aromatic heterocycles. The molecule has 4 unspecified atom stereocenters. The number of H-pyrrole nitrogens is 1. The first-order chi connectivity index (χ1) is 15.3. The number of carboxylic acids is 1. The van der Waals surface area contributed by atoms with Gasteiger partial charge in [-0.25, -0.2) is 9.78 Å². The Morgan fingerprint density at radius 2 is 1.58 bits per heavy atom. The molecule has 9 N–H and O–H groups in total. The van der Waals surface area contributed by atoms with Crippen LogP contribution in [-0.2, 0) is 30.4 Å². The summed E-state index contributed by atoms with van der Waals surface area (Å²) in [5.74, 6) is -5.00. The van der Waals surface area contributed by atoms with Gasteiger partial charge < -0.3 is 37.5 Å². The van der Waals surface area contributed by atoms with E-state index in [1.54, 1.807) is 27.7 Å². The summed E-state index contributed by atoms with van der Waals surface area (Å²) in [6.07, 6.45) is 2.26. The first kappa shape index (κ1) is 27.6. The van der Waals surface area contributed by atoms with E-state index in [1.807, 2.05) is 0 Å². The van der Waals surface area contributed by atoms with E-state index in [2.05, 4.69) is 25.9 Å². The van der Waals surface area contributed by atoms with Crippen molar-refractivity contribution in [2.45, 2.75) is 64.7 Å². The highest BCUT2D eigenvalue weighted by molar-refractivity contribution is 5.96. The van der Waals surface area contributed by atoms with Crippen LogP contribution in [0.1, 0.15) is 39.8 Å². The van der Waals surface area contributed by atoms with E-state index in [0.29, 0.717) is 5.69 Å². The molecule has 4 amide bonds. The van der Waals surface area contributed by atoms with Crippen molar-refractivity contribution in [1.29, 1.82) is 0 Å². The number of primary amides is 1. The van der Waals surface area contributed by atoms with Gasteiger partial charge in [-0.05, 0) is 11.8 Å². The van der Waals surface area contributed by atoms with Crippen molar-refractivity contribution in [2.75, 3.05) is 0 Å². The summed E-state index contributed by atoms with van der Waals surface area (Å²) in [5.41, 5.74) is 11.5. The molecule has 0 aromatic carbocycles. The number of carbonyl (C=O) groups is 5. The van der Waals surface area contributed by atoms with Crippen molar-refractivity contribution in [2.24, 2.45) is 23.3 Å². The normalized spacial score (nSPS) is 14.8. The lowest BCUT2D eigenvalue weighted by atomic mass is 10.0. The van der Waals surface area contributed by atoms with E-state index < -0.39 is 66.1 Å². The monoisotopic (exact) mass is 467 g/mol. The number of nitrogens with two attached hydrogens (primary N) is 2. The van der Waals surface area contributed by atoms with Gasteiger partial charge in [-0.15, -0.1) is 0 Å². The Morgan fingerprint density at radius 1 is 0.970 bits per heavy atom. The van der Waals surface area contributed by atoms with Gasteiger partial charge in [-0.3, -0.25) is 19.2 Å². The minimum Gasteiger partial charge on any atom is -0.480 e. The predicted molar refractivity (Wildman–Crippen MR) is 117 cm³/mol. The van der Waals surface area contributed by atoms with Crippen molar-refractivity contribution in [3.8, 4) is 0 Å². The first-order valence-electron chi connectivity index (χ1n) is 10.5. The topological polar surface area (TPSA) is 222 Å². The minimum absolute atomic E-state index is 0.0483. The van der Waals surface area contributed by atoms with Crippen molar-refractivity contribution in [3.05, 3.63) is 18.2 Å². The fourth-order valence-electron chi connectivity index (χ4n) is 2.85. The smallest absolute Gasteiger partial charge is 0.326 e. The van der Waals surface area contributed by atoms with E-state index in [0.717, 1.165) is 0 Å². The van der Waals surface area contributed by atoms with Crippen molar-refractivity contribution in [1.82, 2.24) is 25.9 Å². The van der Waals surface area contributed by atoms with Crippen LogP contribution in [0.25, 0.3) is 0 Å². The van der Waals surface area contributed by atoms with Gasteiger partial charge in [0, 0.05) is 18.3 Å². The van der Waals surface area contributed by atoms with Crippen molar-refractivity contribution < 1.29 is 29.1 Å². The third-order valence-electron chi connectivity index (χ3n) is 4.90. The number of imidazole rings is 1. The molecule has 13 nitrogen and oxygen atoms in total. The van der Waals surface area contributed by atoms with Crippen LogP contribution in [0.4, 0.5) is 0 Å². The molecule has 0 aliphatic heterocycles. The average Bonchev–Trinajstić information content (AvgIpc) is 3.22. The zero-order valence-corrected chi connectivity index (χ0v) is 19.1. The van der Waals surface area contributed by atoms with Crippen molar-refractivity contribution in [3.63, 3.8) is 0 Å². The van der Waals surface area contributed by atoms with Gasteiger partial charge in [0.25, 0.3) is 0 Å². The Bertz CT molecular complexity index is 840. The second kappa shape index (κ2) is 12.5. The molecule has 1 heterocycles. The number of aromatic amines is 1. The second-order valence-corrected chi connectivity index (χ2v) is 8.41. The zero-order valence-electron chi connectivity index (χ0n) is 19.1. The molecule has 184 valence electrons. The second-order valence-electron chi connectivity index (χ2n) is 8.41. The highest BCUT2D eigenvalue weighted by atomic mass is 16.4. The number of rotatable bonds is 13. The number of carbonyl (C=O) groups excluding carboxylic acids is 4. The van der Waals surface area contributed by atoms with Crippen LogP contribution < -0.4 is 27.4 Å². The number of nitrogens with one attached hydrogen (secondary N) is 4. The van der Waals surface area contributed by atoms with Gasteiger partial charge in [0.2, 0.25) is 23.6 Å². The summed E-state index contributed by atoms with van der Waals surface area (Å²) in [6, 6.07) is -4.70. The van der Waals surface area contributed by atoms with Crippen LogP contribution in [0.15, 0.2) is 12.5 Å². The summed E-state index contributed by atoms with van der Waals surface area (Å²) >= 11 is 0. The van der Waals surface area contributed by atoms with Gasteiger partial charge in [-0.2, -0.15) is 0 Å². The van der Waals surface area contributed by atoms with Gasteiger partial charge in [-0.1, -0.05) is 27.7 Å². The lowest BCUT2D eigenvalue weighted by molar-refractivity contribution is -0.142. The molecule has 0 spiro atoms. The molecule has 4 atom stereocenters. The molecule has 1 aromatic rings. The number of aromatic nitrogens is 2. The largest absolute Gasteiger partial charge is 0.480 e. The SMILES string of the molecule is CC(C)C(N)C(=O)NC(CC(N)=O)C(=O)NC(C(=O)NC(Cc1cnc[nH]1)C(=O)O)C(C)C. The van der Waals surface area contributed by atoms with Crippen LogP contribution in [0.5, 0.6) is 0 Å². The number of nitrogens with zero attached hydrogens (tertiary/aromatic N) is 1. The molecule has 33 heavy (non-hydrogen) atoms. The van der Waals surface area contributed by atoms with Crippen LogP contribution in [0, 0.1) is 11.8 Å².